The third-order valence-electron chi connectivity index (χ3n) is 3.03. The quantitative estimate of drug-likeness (QED) is 0.620. The molecule has 1 aliphatic rings. The van der Waals surface area contributed by atoms with Crippen molar-refractivity contribution in [2.24, 2.45) is 5.92 Å². The van der Waals surface area contributed by atoms with Gasteiger partial charge < -0.3 is 10.1 Å². The third kappa shape index (κ3) is 2.61. The minimum Gasteiger partial charge on any atom is -0.468 e. The number of likely N-dealkylation sites (N-methyl/N-ethyl adjacent to an activating group) is 1. The highest BCUT2D eigenvalue weighted by Crippen LogP contribution is 2.43. The number of rotatable bonds is 6. The SMILES string of the molecule is CNC(CSc1nncs1)(C(=O)OC)C1CC1. The largest absolute Gasteiger partial charge is 0.468 e. The Morgan fingerprint density at radius 2 is 2.53 bits per heavy atom. The number of ether oxygens (including phenoxy) is 1. The Hall–Kier alpha value is -0.660. The summed E-state index contributed by atoms with van der Waals surface area (Å²) >= 11 is 3.04. The van der Waals surface area contributed by atoms with Crippen molar-refractivity contribution < 1.29 is 9.53 Å². The van der Waals surface area contributed by atoms with Crippen molar-refractivity contribution in [2.45, 2.75) is 22.7 Å². The van der Waals surface area contributed by atoms with E-state index in [0.29, 0.717) is 11.7 Å². The number of aromatic nitrogens is 2. The summed E-state index contributed by atoms with van der Waals surface area (Å²) in [6.45, 7) is 0. The van der Waals surface area contributed by atoms with Crippen molar-refractivity contribution >= 4 is 29.1 Å². The van der Waals surface area contributed by atoms with Crippen LogP contribution in [0, 0.1) is 5.92 Å². The first-order valence-electron chi connectivity index (χ1n) is 5.39. The van der Waals surface area contributed by atoms with Gasteiger partial charge in [-0.3, -0.25) is 4.79 Å². The van der Waals surface area contributed by atoms with Crippen LogP contribution in [0.2, 0.25) is 0 Å². The fourth-order valence-corrected chi connectivity index (χ4v) is 3.69. The molecule has 0 spiro atoms. The Balaban J connectivity index is 2.07. The lowest BCUT2D eigenvalue weighted by molar-refractivity contribution is -0.148. The van der Waals surface area contributed by atoms with Crippen LogP contribution in [0.1, 0.15) is 12.8 Å². The summed E-state index contributed by atoms with van der Waals surface area (Å²) in [6, 6.07) is 0. The highest BCUT2D eigenvalue weighted by Gasteiger charge is 2.51. The number of nitrogens with zero attached hydrogens (tertiary/aromatic N) is 2. The Morgan fingerprint density at radius 3 is 3.00 bits per heavy atom. The van der Waals surface area contributed by atoms with Crippen LogP contribution in [0.3, 0.4) is 0 Å². The molecule has 0 amide bonds. The molecular formula is C10H15N3O2S2. The van der Waals surface area contributed by atoms with Gasteiger partial charge in [0.2, 0.25) is 0 Å². The molecular weight excluding hydrogens is 258 g/mol. The first-order valence-corrected chi connectivity index (χ1v) is 7.25. The zero-order valence-corrected chi connectivity index (χ0v) is 11.4. The lowest BCUT2D eigenvalue weighted by Gasteiger charge is -2.29. The molecule has 0 aromatic carbocycles. The highest BCUT2D eigenvalue weighted by molar-refractivity contribution is 8.01. The smallest absolute Gasteiger partial charge is 0.327 e. The molecule has 1 aromatic heterocycles. The molecule has 94 valence electrons. The van der Waals surface area contributed by atoms with Gasteiger partial charge in [-0.2, -0.15) is 0 Å². The van der Waals surface area contributed by atoms with Gasteiger partial charge in [0, 0.05) is 5.75 Å². The third-order valence-corrected chi connectivity index (χ3v) is 5.09. The van der Waals surface area contributed by atoms with Gasteiger partial charge in [0.25, 0.3) is 0 Å². The van der Waals surface area contributed by atoms with Crippen molar-refractivity contribution in [3.05, 3.63) is 5.51 Å². The van der Waals surface area contributed by atoms with Gasteiger partial charge in [0.15, 0.2) is 4.34 Å². The van der Waals surface area contributed by atoms with Crippen LogP contribution in [-0.2, 0) is 9.53 Å². The number of esters is 1. The van der Waals surface area contributed by atoms with E-state index in [1.165, 1.54) is 18.4 Å². The second-order valence-corrected chi connectivity index (χ2v) is 6.04. The van der Waals surface area contributed by atoms with Crippen molar-refractivity contribution in [3.8, 4) is 0 Å². The lowest BCUT2D eigenvalue weighted by Crippen LogP contribution is -2.55. The molecule has 1 atom stereocenters. The topological polar surface area (TPSA) is 64.1 Å². The van der Waals surface area contributed by atoms with E-state index in [1.54, 1.807) is 17.3 Å². The number of hydrogen-bond acceptors (Lipinski definition) is 7. The molecule has 0 aliphatic heterocycles. The van der Waals surface area contributed by atoms with Crippen LogP contribution < -0.4 is 5.32 Å². The standard InChI is InChI=1S/C10H15N3O2S2/c1-11-10(7-3-4-7,8(14)15-2)5-16-9-13-12-6-17-9/h6-7,11H,3-5H2,1-2H3. The van der Waals surface area contributed by atoms with E-state index >= 15 is 0 Å². The summed E-state index contributed by atoms with van der Waals surface area (Å²) in [7, 11) is 3.25. The number of nitrogens with one attached hydrogen (secondary N) is 1. The van der Waals surface area contributed by atoms with E-state index in [0.717, 1.165) is 17.2 Å². The van der Waals surface area contributed by atoms with Gasteiger partial charge in [0.05, 0.1) is 7.11 Å². The maximum atomic E-state index is 12.0. The number of carbonyl (C=O) groups is 1. The van der Waals surface area contributed by atoms with Gasteiger partial charge in [-0.1, -0.05) is 23.1 Å². The fourth-order valence-electron chi connectivity index (χ4n) is 1.88. The molecule has 17 heavy (non-hydrogen) atoms. The predicted octanol–water partition coefficient (Wildman–Crippen LogP) is 1.17. The second-order valence-electron chi connectivity index (χ2n) is 3.98. The number of methoxy groups -OCH3 is 1. The molecule has 1 aliphatic carbocycles. The summed E-state index contributed by atoms with van der Waals surface area (Å²) in [6.07, 6.45) is 2.15. The minimum atomic E-state index is -0.578. The van der Waals surface area contributed by atoms with Gasteiger partial charge in [0.1, 0.15) is 11.0 Å². The lowest BCUT2D eigenvalue weighted by atomic mass is 9.96. The first-order chi connectivity index (χ1) is 8.23. The van der Waals surface area contributed by atoms with E-state index in [1.807, 2.05) is 7.05 Å². The Bertz CT molecular complexity index is 381. The van der Waals surface area contributed by atoms with Crippen molar-refractivity contribution in [1.82, 2.24) is 15.5 Å². The first kappa shape index (κ1) is 12.8. The van der Waals surface area contributed by atoms with E-state index in [2.05, 4.69) is 15.5 Å². The summed E-state index contributed by atoms with van der Waals surface area (Å²) < 4.78 is 5.81. The van der Waals surface area contributed by atoms with E-state index in [-0.39, 0.29) is 5.97 Å². The molecule has 1 heterocycles. The number of hydrogen-bond donors (Lipinski definition) is 1. The maximum absolute atomic E-state index is 12.0. The molecule has 0 radical (unpaired) electrons. The summed E-state index contributed by atoms with van der Waals surface area (Å²) in [5, 5.41) is 10.9. The molecule has 1 aromatic rings. The predicted molar refractivity (Wildman–Crippen MR) is 67.2 cm³/mol. The Morgan fingerprint density at radius 1 is 1.76 bits per heavy atom. The minimum absolute atomic E-state index is 0.181. The molecule has 1 N–H and O–H groups in total. The van der Waals surface area contributed by atoms with Crippen molar-refractivity contribution in [3.63, 3.8) is 0 Å². The number of thioether (sulfide) groups is 1. The van der Waals surface area contributed by atoms with Gasteiger partial charge in [-0.25, -0.2) is 0 Å². The summed E-state index contributed by atoms with van der Waals surface area (Å²) in [4.78, 5) is 12.0. The van der Waals surface area contributed by atoms with Crippen LogP contribution in [0.4, 0.5) is 0 Å². The van der Waals surface area contributed by atoms with Gasteiger partial charge in [-0.15, -0.1) is 10.2 Å². The average Bonchev–Trinajstić information content (AvgIpc) is 3.07. The van der Waals surface area contributed by atoms with Crippen LogP contribution in [-0.4, -0.2) is 41.6 Å². The molecule has 7 heteroatoms. The molecule has 1 fully saturated rings. The maximum Gasteiger partial charge on any atom is 0.327 e. The zero-order chi connectivity index (χ0) is 12.3. The van der Waals surface area contributed by atoms with E-state index in [9.17, 15) is 4.79 Å². The highest BCUT2D eigenvalue weighted by atomic mass is 32.2. The van der Waals surface area contributed by atoms with Gasteiger partial charge >= 0.3 is 5.97 Å². The van der Waals surface area contributed by atoms with Crippen LogP contribution >= 0.6 is 23.1 Å². The Labute approximate surface area is 108 Å². The monoisotopic (exact) mass is 273 g/mol. The molecule has 5 nitrogen and oxygen atoms in total. The van der Waals surface area contributed by atoms with E-state index in [4.69, 9.17) is 4.74 Å². The molecule has 2 rings (SSSR count). The average molecular weight is 273 g/mol. The van der Waals surface area contributed by atoms with Crippen LogP contribution in [0.25, 0.3) is 0 Å². The van der Waals surface area contributed by atoms with Gasteiger partial charge in [-0.05, 0) is 25.8 Å². The van der Waals surface area contributed by atoms with Crippen molar-refractivity contribution in [2.75, 3.05) is 19.9 Å². The Kier molecular flexibility index (Phi) is 4.01. The molecule has 0 bridgehead atoms. The van der Waals surface area contributed by atoms with E-state index < -0.39 is 5.54 Å². The molecule has 0 saturated heterocycles. The van der Waals surface area contributed by atoms with Crippen LogP contribution in [0.15, 0.2) is 9.85 Å². The molecule has 1 unspecified atom stereocenters. The zero-order valence-electron chi connectivity index (χ0n) is 9.80. The number of carbonyl (C=O) groups excluding carboxylic acids is 1. The second kappa shape index (κ2) is 5.32. The van der Waals surface area contributed by atoms with Crippen LogP contribution in [0.5, 0.6) is 0 Å². The molecule has 1 saturated carbocycles. The normalized spacial score (nSPS) is 18.7. The summed E-state index contributed by atoms with van der Waals surface area (Å²) in [5.41, 5.74) is 1.11. The van der Waals surface area contributed by atoms with Crippen molar-refractivity contribution in [1.29, 1.82) is 0 Å². The fraction of sp³-hybridized carbons (Fsp3) is 0.700. The summed E-state index contributed by atoms with van der Waals surface area (Å²) in [5.74, 6) is 0.829.